The number of nitrogens with one attached hydrogen (secondary N) is 2. The molecule has 2 fully saturated rings. The number of primary amides is 1. The van der Waals surface area contributed by atoms with Crippen LogP contribution in [0.2, 0.25) is 0 Å². The number of imide groups is 1. The van der Waals surface area contributed by atoms with Crippen LogP contribution < -0.4 is 16.4 Å². The van der Waals surface area contributed by atoms with Crippen molar-refractivity contribution in [2.45, 2.75) is 44.3 Å². The Morgan fingerprint density at radius 2 is 1.91 bits per heavy atom. The second kappa shape index (κ2) is 9.64. The van der Waals surface area contributed by atoms with Crippen LogP contribution in [0.1, 0.15) is 37.3 Å². The molecular weight excluding hydrogens is 434 g/mol. The van der Waals surface area contributed by atoms with Gasteiger partial charge in [0.15, 0.2) is 0 Å². The normalized spacial score (nSPS) is 22.6. The maximum Gasteiger partial charge on any atom is 0.325 e. The summed E-state index contributed by atoms with van der Waals surface area (Å²) in [5.41, 5.74) is 6.49. The zero-order valence-electron chi connectivity index (χ0n) is 19.1. The number of amides is 5. The summed E-state index contributed by atoms with van der Waals surface area (Å²) in [6.07, 6.45) is 2.03. The number of nitrogens with two attached hydrogens (primary N) is 1. The van der Waals surface area contributed by atoms with Gasteiger partial charge < -0.3 is 16.4 Å². The number of hydrogen-bond acceptors (Lipinski definition) is 5. The molecule has 0 aromatic heterocycles. The molecular formula is C25H29N5O4. The Kier molecular flexibility index (Phi) is 6.65. The number of urea groups is 1. The van der Waals surface area contributed by atoms with Crippen LogP contribution in [0.15, 0.2) is 54.6 Å². The van der Waals surface area contributed by atoms with E-state index in [0.717, 1.165) is 29.8 Å². The minimum atomic E-state index is -1.18. The van der Waals surface area contributed by atoms with Gasteiger partial charge in [0.05, 0.1) is 6.04 Å². The van der Waals surface area contributed by atoms with Crippen LogP contribution in [0.25, 0.3) is 0 Å². The van der Waals surface area contributed by atoms with Gasteiger partial charge in [-0.15, -0.1) is 0 Å². The Morgan fingerprint density at radius 1 is 1.15 bits per heavy atom. The number of anilines is 1. The molecule has 0 saturated carbocycles. The highest BCUT2D eigenvalue weighted by atomic mass is 16.2. The predicted octanol–water partition coefficient (Wildman–Crippen LogP) is 1.93. The first-order valence-electron chi connectivity index (χ1n) is 11.5. The first-order valence-corrected chi connectivity index (χ1v) is 11.5. The van der Waals surface area contributed by atoms with Gasteiger partial charge in [0.2, 0.25) is 11.8 Å². The van der Waals surface area contributed by atoms with E-state index in [9.17, 15) is 19.2 Å². The van der Waals surface area contributed by atoms with Gasteiger partial charge in [0, 0.05) is 12.2 Å². The summed E-state index contributed by atoms with van der Waals surface area (Å²) in [5, 5.41) is 5.55. The Morgan fingerprint density at radius 3 is 2.62 bits per heavy atom. The molecule has 34 heavy (non-hydrogen) atoms. The van der Waals surface area contributed by atoms with E-state index >= 15 is 0 Å². The van der Waals surface area contributed by atoms with E-state index in [-0.39, 0.29) is 18.5 Å². The molecule has 0 aliphatic carbocycles. The number of hydrogen-bond donors (Lipinski definition) is 3. The average Bonchev–Trinajstić information content (AvgIpc) is 3.38. The third-order valence-corrected chi connectivity index (χ3v) is 6.56. The molecule has 2 saturated heterocycles. The molecule has 2 aromatic rings. The Labute approximate surface area is 198 Å². The molecule has 178 valence electrons. The largest absolute Gasteiger partial charge is 0.368 e. The third-order valence-electron chi connectivity index (χ3n) is 6.56. The lowest BCUT2D eigenvalue weighted by Crippen LogP contribution is -2.44. The van der Waals surface area contributed by atoms with Crippen LogP contribution in [0.4, 0.5) is 10.5 Å². The van der Waals surface area contributed by atoms with E-state index in [0.29, 0.717) is 24.2 Å². The van der Waals surface area contributed by atoms with E-state index < -0.39 is 23.4 Å². The Balaban J connectivity index is 1.42. The molecule has 9 heteroatoms. The van der Waals surface area contributed by atoms with Crippen molar-refractivity contribution in [1.29, 1.82) is 0 Å². The van der Waals surface area contributed by atoms with Crippen molar-refractivity contribution in [2.24, 2.45) is 5.73 Å². The zero-order valence-corrected chi connectivity index (χ0v) is 19.1. The molecule has 4 rings (SSSR count). The third kappa shape index (κ3) is 4.51. The minimum Gasteiger partial charge on any atom is -0.368 e. The molecule has 2 aromatic carbocycles. The lowest BCUT2D eigenvalue weighted by atomic mass is 9.87. The number of rotatable bonds is 8. The highest BCUT2D eigenvalue weighted by Gasteiger charge is 2.51. The van der Waals surface area contributed by atoms with Crippen LogP contribution in [-0.2, 0) is 26.5 Å². The summed E-state index contributed by atoms with van der Waals surface area (Å²) in [6, 6.07) is 15.5. The van der Waals surface area contributed by atoms with Gasteiger partial charge in [-0.05, 0) is 49.1 Å². The van der Waals surface area contributed by atoms with Crippen molar-refractivity contribution in [3.8, 4) is 0 Å². The zero-order chi connectivity index (χ0) is 24.3. The van der Waals surface area contributed by atoms with E-state index in [2.05, 4.69) is 10.6 Å². The van der Waals surface area contributed by atoms with E-state index in [1.807, 2.05) is 48.2 Å². The molecule has 2 aliphatic heterocycles. The van der Waals surface area contributed by atoms with Gasteiger partial charge in [0.25, 0.3) is 5.91 Å². The van der Waals surface area contributed by atoms with E-state index in [1.165, 1.54) is 0 Å². The van der Waals surface area contributed by atoms with Gasteiger partial charge in [-0.1, -0.05) is 49.4 Å². The van der Waals surface area contributed by atoms with Crippen molar-refractivity contribution in [2.75, 3.05) is 18.4 Å². The van der Waals surface area contributed by atoms with E-state index in [1.54, 1.807) is 18.2 Å². The standard InChI is InChI=1S/C25H29N5O4/c1-2-25(18-9-4-3-5-10-18)23(33)30(24(34)28-25)16-21(31)27-19-11-6-8-17(14-19)15-29-13-7-12-20(29)22(26)32/h3-6,8-11,14,20H,2,7,12-13,15-16H2,1H3,(H2,26,32)(H,27,31)(H,28,34). The number of nitrogens with zero attached hydrogens (tertiary/aromatic N) is 2. The molecule has 2 aliphatic rings. The topological polar surface area (TPSA) is 125 Å². The SMILES string of the molecule is CCC1(c2ccccc2)NC(=O)N(CC(=O)Nc2cccc(CN3CCCC3C(N)=O)c2)C1=O. The maximum absolute atomic E-state index is 13.2. The average molecular weight is 464 g/mol. The molecule has 2 atom stereocenters. The molecule has 5 amide bonds. The summed E-state index contributed by atoms with van der Waals surface area (Å²) < 4.78 is 0. The quantitative estimate of drug-likeness (QED) is 0.516. The van der Waals surface area contributed by atoms with Gasteiger partial charge >= 0.3 is 6.03 Å². The summed E-state index contributed by atoms with van der Waals surface area (Å²) in [7, 11) is 0. The van der Waals surface area contributed by atoms with Gasteiger partial charge in [-0.25, -0.2) is 4.79 Å². The van der Waals surface area contributed by atoms with Crippen LogP contribution >= 0.6 is 0 Å². The van der Waals surface area contributed by atoms with Crippen molar-refractivity contribution in [3.05, 3.63) is 65.7 Å². The van der Waals surface area contributed by atoms with Crippen LogP contribution in [0.3, 0.4) is 0 Å². The van der Waals surface area contributed by atoms with Crippen molar-refractivity contribution in [1.82, 2.24) is 15.1 Å². The number of carbonyl (C=O) groups is 4. The van der Waals surface area contributed by atoms with Crippen LogP contribution in [0, 0.1) is 0 Å². The fourth-order valence-electron chi connectivity index (χ4n) is 4.80. The monoisotopic (exact) mass is 463 g/mol. The number of carbonyl (C=O) groups excluding carboxylic acids is 4. The lowest BCUT2D eigenvalue weighted by Gasteiger charge is -2.25. The van der Waals surface area contributed by atoms with Crippen LogP contribution in [0.5, 0.6) is 0 Å². The van der Waals surface area contributed by atoms with E-state index in [4.69, 9.17) is 5.73 Å². The highest BCUT2D eigenvalue weighted by Crippen LogP contribution is 2.32. The molecule has 2 heterocycles. The maximum atomic E-state index is 13.2. The fourth-order valence-corrected chi connectivity index (χ4v) is 4.80. The summed E-state index contributed by atoms with van der Waals surface area (Å²) in [4.78, 5) is 53.2. The fraction of sp³-hybridized carbons (Fsp3) is 0.360. The van der Waals surface area contributed by atoms with Gasteiger partial charge in [-0.3, -0.25) is 24.2 Å². The first-order chi connectivity index (χ1) is 16.3. The van der Waals surface area contributed by atoms with Gasteiger partial charge in [-0.2, -0.15) is 0 Å². The molecule has 0 bridgehead atoms. The lowest BCUT2D eigenvalue weighted by molar-refractivity contribution is -0.134. The second-order valence-electron chi connectivity index (χ2n) is 8.73. The Hall–Kier alpha value is -3.72. The minimum absolute atomic E-state index is 0.276. The number of likely N-dealkylation sites (tertiary alicyclic amines) is 1. The summed E-state index contributed by atoms with van der Waals surface area (Å²) in [6.45, 7) is 2.76. The van der Waals surface area contributed by atoms with Gasteiger partial charge in [0.1, 0.15) is 12.1 Å². The predicted molar refractivity (Wildman–Crippen MR) is 126 cm³/mol. The van der Waals surface area contributed by atoms with Crippen LogP contribution in [-0.4, -0.2) is 52.7 Å². The van der Waals surface area contributed by atoms with Crippen molar-refractivity contribution < 1.29 is 19.2 Å². The first kappa shape index (κ1) is 23.4. The second-order valence-corrected chi connectivity index (χ2v) is 8.73. The Bertz CT molecular complexity index is 1110. The number of benzene rings is 2. The summed E-state index contributed by atoms with van der Waals surface area (Å²) in [5.74, 6) is -1.24. The van der Waals surface area contributed by atoms with Crippen molar-refractivity contribution in [3.63, 3.8) is 0 Å². The molecule has 0 spiro atoms. The molecule has 0 radical (unpaired) electrons. The summed E-state index contributed by atoms with van der Waals surface area (Å²) >= 11 is 0. The molecule has 4 N–H and O–H groups in total. The highest BCUT2D eigenvalue weighted by molar-refractivity contribution is 6.10. The molecule has 2 unspecified atom stereocenters. The smallest absolute Gasteiger partial charge is 0.325 e. The van der Waals surface area contributed by atoms with Crippen molar-refractivity contribution >= 4 is 29.4 Å². The molecule has 9 nitrogen and oxygen atoms in total.